The number of thiazole rings is 1. The smallest absolute Gasteiger partial charge is 0.308 e. The average Bonchev–Trinajstić information content (AvgIpc) is 3.00. The summed E-state index contributed by atoms with van der Waals surface area (Å²) in [7, 11) is -3.70. The van der Waals surface area contributed by atoms with Crippen LogP contribution in [0.25, 0.3) is 10.2 Å². The molecule has 166 valence electrons. The maximum absolute atomic E-state index is 14.0. The topological polar surface area (TPSA) is 88.5 Å². The lowest BCUT2D eigenvalue weighted by Gasteiger charge is -2.22. The lowest BCUT2D eigenvalue weighted by molar-refractivity contribution is -0.116. The van der Waals surface area contributed by atoms with Crippen LogP contribution in [-0.2, 0) is 14.8 Å². The Morgan fingerprint density at radius 3 is 2.58 bits per heavy atom. The zero-order valence-corrected chi connectivity index (χ0v) is 19.1. The van der Waals surface area contributed by atoms with Crippen LogP contribution in [-0.4, -0.2) is 31.7 Å². The van der Waals surface area contributed by atoms with Gasteiger partial charge in [0.2, 0.25) is 15.9 Å². The highest BCUT2D eigenvalue weighted by atomic mass is 32.2. The second kappa shape index (κ2) is 9.19. The molecule has 1 heterocycles. The van der Waals surface area contributed by atoms with Crippen molar-refractivity contribution in [2.45, 2.75) is 32.7 Å². The van der Waals surface area contributed by atoms with Gasteiger partial charge in [0.05, 0.1) is 22.2 Å². The van der Waals surface area contributed by atoms with Crippen molar-refractivity contribution >= 4 is 48.9 Å². The Balaban J connectivity index is 1.66. The quantitative estimate of drug-likeness (QED) is 0.545. The molecule has 0 aliphatic rings. The van der Waals surface area contributed by atoms with Gasteiger partial charge in [-0.15, -0.1) is 0 Å². The molecular weight excluding hydrogens is 441 g/mol. The number of benzene rings is 2. The third kappa shape index (κ3) is 5.31. The number of hydrogen-bond acceptors (Lipinski definition) is 5. The molecule has 3 rings (SSSR count). The summed E-state index contributed by atoms with van der Waals surface area (Å²) in [6.45, 7) is 3.85. The summed E-state index contributed by atoms with van der Waals surface area (Å²) >= 11 is 1.12. The van der Waals surface area contributed by atoms with Crippen LogP contribution in [0.15, 0.2) is 47.3 Å². The Morgan fingerprint density at radius 2 is 1.94 bits per heavy atom. The van der Waals surface area contributed by atoms with Crippen molar-refractivity contribution in [2.75, 3.05) is 22.4 Å². The molecular formula is C21H24FN3O4S2. The van der Waals surface area contributed by atoms with Gasteiger partial charge in [-0.3, -0.25) is 18.5 Å². The van der Waals surface area contributed by atoms with Crippen molar-refractivity contribution in [3.05, 3.63) is 57.9 Å². The lowest BCUT2D eigenvalue weighted by Crippen LogP contribution is -2.32. The van der Waals surface area contributed by atoms with Crippen molar-refractivity contribution in [3.63, 3.8) is 0 Å². The molecule has 0 fully saturated rings. The molecule has 0 aliphatic carbocycles. The van der Waals surface area contributed by atoms with Crippen LogP contribution in [0.5, 0.6) is 0 Å². The molecule has 0 saturated heterocycles. The summed E-state index contributed by atoms with van der Waals surface area (Å²) in [5.74, 6) is -0.935. The maximum Gasteiger partial charge on any atom is 0.308 e. The Bertz CT molecular complexity index is 1270. The number of halogens is 1. The fourth-order valence-corrected chi connectivity index (χ4v) is 5.35. The first-order valence-corrected chi connectivity index (χ1v) is 12.4. The zero-order valence-electron chi connectivity index (χ0n) is 17.5. The van der Waals surface area contributed by atoms with E-state index in [1.165, 1.54) is 18.2 Å². The number of aromatic nitrogens is 1. The molecule has 7 nitrogen and oxygen atoms in total. The minimum Gasteiger partial charge on any atom is -0.326 e. The first-order valence-electron chi connectivity index (χ1n) is 9.75. The van der Waals surface area contributed by atoms with Gasteiger partial charge in [0, 0.05) is 24.7 Å². The number of fused-ring (bicyclic) bond motifs is 1. The van der Waals surface area contributed by atoms with Gasteiger partial charge in [0.25, 0.3) is 0 Å². The van der Waals surface area contributed by atoms with Gasteiger partial charge in [-0.2, -0.15) is 0 Å². The van der Waals surface area contributed by atoms with Crippen molar-refractivity contribution < 1.29 is 17.6 Å². The fraction of sp³-hybridized carbons (Fsp3) is 0.333. The monoisotopic (exact) mass is 465 g/mol. The second-order valence-electron chi connectivity index (χ2n) is 7.45. The first kappa shape index (κ1) is 23.0. The van der Waals surface area contributed by atoms with Crippen LogP contribution < -0.4 is 14.5 Å². The predicted molar refractivity (Wildman–Crippen MR) is 123 cm³/mol. The molecule has 0 aliphatic heterocycles. The fourth-order valence-electron chi connectivity index (χ4n) is 3.33. The number of rotatable bonds is 8. The first-order chi connectivity index (χ1) is 14.6. The third-order valence-electron chi connectivity index (χ3n) is 4.70. The van der Waals surface area contributed by atoms with Crippen LogP contribution in [0, 0.1) is 5.82 Å². The standard InChI is InChI=1S/C21H24FN3O4S2/c1-14(2)25-18-11-10-15(13-19(18)30-21(25)27)23-20(26)9-6-12-24(31(3,28)29)17-8-5-4-7-16(17)22/h4-5,7-8,10-11,13-14H,6,9,12H2,1-3H3,(H,23,26). The van der Waals surface area contributed by atoms with E-state index in [1.807, 2.05) is 13.8 Å². The number of amides is 1. The van der Waals surface area contributed by atoms with Gasteiger partial charge in [0.15, 0.2) is 0 Å². The molecule has 0 spiro atoms. The van der Waals surface area contributed by atoms with Crippen LogP contribution >= 0.6 is 11.3 Å². The molecule has 0 saturated carbocycles. The average molecular weight is 466 g/mol. The van der Waals surface area contributed by atoms with Gasteiger partial charge in [-0.25, -0.2) is 12.8 Å². The maximum atomic E-state index is 14.0. The highest BCUT2D eigenvalue weighted by molar-refractivity contribution is 7.92. The van der Waals surface area contributed by atoms with Gasteiger partial charge in [-0.05, 0) is 50.6 Å². The van der Waals surface area contributed by atoms with E-state index in [-0.39, 0.29) is 41.9 Å². The number of carbonyl (C=O) groups is 1. The molecule has 3 aromatic rings. The van der Waals surface area contributed by atoms with Crippen LogP contribution in [0.4, 0.5) is 15.8 Å². The molecule has 0 radical (unpaired) electrons. The summed E-state index contributed by atoms with van der Waals surface area (Å²) in [5.41, 5.74) is 1.33. The Morgan fingerprint density at radius 1 is 1.23 bits per heavy atom. The van der Waals surface area contributed by atoms with Gasteiger partial charge in [-0.1, -0.05) is 23.5 Å². The Hall–Kier alpha value is -2.72. The van der Waals surface area contributed by atoms with Crippen molar-refractivity contribution in [1.82, 2.24) is 4.57 Å². The van der Waals surface area contributed by atoms with E-state index < -0.39 is 15.8 Å². The molecule has 0 unspecified atom stereocenters. The highest BCUT2D eigenvalue weighted by Crippen LogP contribution is 2.25. The second-order valence-corrected chi connectivity index (χ2v) is 10.4. The van der Waals surface area contributed by atoms with Crippen LogP contribution in [0.2, 0.25) is 0 Å². The molecule has 0 atom stereocenters. The van der Waals surface area contributed by atoms with E-state index in [0.29, 0.717) is 5.69 Å². The van der Waals surface area contributed by atoms with E-state index >= 15 is 0 Å². The highest BCUT2D eigenvalue weighted by Gasteiger charge is 2.20. The number of nitrogens with zero attached hydrogens (tertiary/aromatic N) is 2. The van der Waals surface area contributed by atoms with E-state index in [0.717, 1.165) is 32.1 Å². The normalized spacial score (nSPS) is 11.8. The lowest BCUT2D eigenvalue weighted by atomic mass is 10.2. The molecule has 10 heteroatoms. The SMILES string of the molecule is CC(C)n1c(=O)sc2cc(NC(=O)CCCN(c3ccccc3F)S(C)(=O)=O)ccc21. The predicted octanol–water partition coefficient (Wildman–Crippen LogP) is 3.97. The van der Waals surface area contributed by atoms with E-state index in [1.54, 1.807) is 28.8 Å². The summed E-state index contributed by atoms with van der Waals surface area (Å²) < 4.78 is 41.7. The summed E-state index contributed by atoms with van der Waals surface area (Å²) in [5, 5.41) is 2.77. The van der Waals surface area contributed by atoms with Crippen molar-refractivity contribution in [3.8, 4) is 0 Å². The number of nitrogens with one attached hydrogen (secondary N) is 1. The third-order valence-corrected chi connectivity index (χ3v) is 6.80. The van der Waals surface area contributed by atoms with Crippen molar-refractivity contribution in [1.29, 1.82) is 0 Å². The van der Waals surface area contributed by atoms with Crippen LogP contribution in [0.1, 0.15) is 32.7 Å². The molecule has 1 N–H and O–H groups in total. The van der Waals surface area contributed by atoms with E-state index in [2.05, 4.69) is 5.32 Å². The van der Waals surface area contributed by atoms with Crippen molar-refractivity contribution in [2.24, 2.45) is 0 Å². The number of anilines is 2. The molecule has 1 aromatic heterocycles. The molecule has 2 aromatic carbocycles. The Labute approximate surface area is 184 Å². The summed E-state index contributed by atoms with van der Waals surface area (Å²) in [6.07, 6.45) is 1.28. The number of carbonyl (C=O) groups excluding carboxylic acids is 1. The Kier molecular flexibility index (Phi) is 6.80. The minimum atomic E-state index is -3.70. The molecule has 0 bridgehead atoms. The van der Waals surface area contributed by atoms with Gasteiger partial charge >= 0.3 is 4.87 Å². The van der Waals surface area contributed by atoms with Gasteiger partial charge in [0.1, 0.15) is 5.82 Å². The summed E-state index contributed by atoms with van der Waals surface area (Å²) in [6, 6.07) is 10.9. The molecule has 31 heavy (non-hydrogen) atoms. The molecule has 1 amide bonds. The number of para-hydroxylation sites is 1. The summed E-state index contributed by atoms with van der Waals surface area (Å²) in [4.78, 5) is 24.4. The van der Waals surface area contributed by atoms with E-state index in [9.17, 15) is 22.4 Å². The number of sulfonamides is 1. The largest absolute Gasteiger partial charge is 0.326 e. The minimum absolute atomic E-state index is 0.0227. The van der Waals surface area contributed by atoms with E-state index in [4.69, 9.17) is 0 Å². The van der Waals surface area contributed by atoms with Crippen LogP contribution in [0.3, 0.4) is 0 Å². The number of hydrogen-bond donors (Lipinski definition) is 1. The van der Waals surface area contributed by atoms with Gasteiger partial charge < -0.3 is 5.32 Å². The zero-order chi connectivity index (χ0) is 22.8.